The molecule has 0 unspecified atom stereocenters. The first-order valence-corrected chi connectivity index (χ1v) is 10.4. The zero-order valence-corrected chi connectivity index (χ0v) is 16.1. The lowest BCUT2D eigenvalue weighted by atomic mass is 10.2. The first-order chi connectivity index (χ1) is 12.8. The molecule has 4 nitrogen and oxygen atoms in total. The molecule has 0 N–H and O–H groups in total. The molecule has 1 aliphatic carbocycles. The van der Waals surface area contributed by atoms with Gasteiger partial charge in [-0.15, -0.1) is 10.2 Å². The Bertz CT molecular complexity index is 859. The highest BCUT2D eigenvalue weighted by Gasteiger charge is 2.25. The molecule has 0 atom stereocenters. The van der Waals surface area contributed by atoms with E-state index >= 15 is 0 Å². The molecule has 2 heterocycles. The molecule has 4 rings (SSSR count). The number of benzene rings is 1. The van der Waals surface area contributed by atoms with Crippen LogP contribution in [0, 0.1) is 0 Å². The van der Waals surface area contributed by atoms with Gasteiger partial charge in [0.15, 0.2) is 11.0 Å². The van der Waals surface area contributed by atoms with Gasteiger partial charge in [0.25, 0.3) is 0 Å². The lowest BCUT2D eigenvalue weighted by Crippen LogP contribution is -2.09. The van der Waals surface area contributed by atoms with Gasteiger partial charge in [-0.2, -0.15) is 0 Å². The first-order valence-electron chi connectivity index (χ1n) is 9.05. The van der Waals surface area contributed by atoms with E-state index < -0.39 is 0 Å². The summed E-state index contributed by atoms with van der Waals surface area (Å²) in [6, 6.07) is 14.4. The van der Waals surface area contributed by atoms with E-state index in [-0.39, 0.29) is 0 Å². The van der Waals surface area contributed by atoms with Crippen LogP contribution < -0.4 is 0 Å². The summed E-state index contributed by atoms with van der Waals surface area (Å²) < 4.78 is 2.32. The van der Waals surface area contributed by atoms with Crippen LogP contribution in [-0.4, -0.2) is 25.5 Å². The monoisotopic (exact) mass is 384 g/mol. The Morgan fingerprint density at radius 3 is 2.62 bits per heavy atom. The van der Waals surface area contributed by atoms with Gasteiger partial charge in [-0.05, 0) is 43.5 Å². The van der Waals surface area contributed by atoms with Gasteiger partial charge in [-0.25, -0.2) is 0 Å². The second-order valence-corrected chi connectivity index (χ2v) is 7.98. The molecule has 26 heavy (non-hydrogen) atoms. The van der Waals surface area contributed by atoms with E-state index in [1.54, 1.807) is 11.8 Å². The van der Waals surface area contributed by atoms with Gasteiger partial charge in [0.05, 0.1) is 5.02 Å². The Balaban J connectivity index is 1.59. The van der Waals surface area contributed by atoms with Crippen molar-refractivity contribution in [2.24, 2.45) is 0 Å². The highest BCUT2D eigenvalue weighted by molar-refractivity contribution is 7.99. The Labute approximate surface area is 163 Å². The Hall–Kier alpha value is -1.85. The number of aryl methyl sites for hydroxylation is 1. The predicted molar refractivity (Wildman–Crippen MR) is 107 cm³/mol. The van der Waals surface area contributed by atoms with Gasteiger partial charge in [0.2, 0.25) is 0 Å². The average molecular weight is 385 g/mol. The van der Waals surface area contributed by atoms with Crippen LogP contribution in [0.1, 0.15) is 37.4 Å². The van der Waals surface area contributed by atoms with Gasteiger partial charge >= 0.3 is 0 Å². The van der Waals surface area contributed by atoms with Crippen LogP contribution in [0.25, 0.3) is 11.4 Å². The third-order valence-electron chi connectivity index (χ3n) is 4.78. The van der Waals surface area contributed by atoms with Crippen LogP contribution in [0.2, 0.25) is 5.02 Å². The van der Waals surface area contributed by atoms with Crippen molar-refractivity contribution in [2.45, 2.75) is 43.3 Å². The maximum Gasteiger partial charge on any atom is 0.191 e. The summed E-state index contributed by atoms with van der Waals surface area (Å²) in [5.41, 5.74) is 2.07. The summed E-state index contributed by atoms with van der Waals surface area (Å²) in [5, 5.41) is 10.7. The number of thioether (sulfide) groups is 1. The highest BCUT2D eigenvalue weighted by Crippen LogP contribution is 2.38. The highest BCUT2D eigenvalue weighted by atomic mass is 35.5. The summed E-state index contributed by atoms with van der Waals surface area (Å²) in [7, 11) is 0. The minimum Gasteiger partial charge on any atom is -0.299 e. The van der Waals surface area contributed by atoms with Gasteiger partial charge in [0.1, 0.15) is 0 Å². The molecule has 3 aromatic rings. The summed E-state index contributed by atoms with van der Waals surface area (Å²) in [4.78, 5) is 4.40. The molecular weight excluding hydrogens is 364 g/mol. The number of pyridine rings is 1. The summed E-state index contributed by atoms with van der Waals surface area (Å²) in [6.07, 6.45) is 7.67. The van der Waals surface area contributed by atoms with Crippen molar-refractivity contribution >= 4 is 23.4 Å². The van der Waals surface area contributed by atoms with Crippen molar-refractivity contribution in [2.75, 3.05) is 5.75 Å². The Morgan fingerprint density at radius 1 is 1.04 bits per heavy atom. The van der Waals surface area contributed by atoms with Crippen molar-refractivity contribution < 1.29 is 0 Å². The number of hydrogen-bond acceptors (Lipinski definition) is 4. The Kier molecular flexibility index (Phi) is 5.56. The molecule has 0 bridgehead atoms. The smallest absolute Gasteiger partial charge is 0.191 e. The maximum atomic E-state index is 6.43. The third kappa shape index (κ3) is 3.79. The minimum atomic E-state index is 0.466. The molecule has 2 aromatic heterocycles. The van der Waals surface area contributed by atoms with Crippen molar-refractivity contribution in [3.8, 4) is 11.4 Å². The van der Waals surface area contributed by atoms with E-state index in [1.165, 1.54) is 25.7 Å². The molecule has 1 aromatic carbocycles. The molecule has 0 spiro atoms. The van der Waals surface area contributed by atoms with E-state index in [2.05, 4.69) is 25.8 Å². The van der Waals surface area contributed by atoms with Gasteiger partial charge < -0.3 is 0 Å². The zero-order valence-electron chi connectivity index (χ0n) is 14.5. The predicted octanol–water partition coefficient (Wildman–Crippen LogP) is 5.44. The van der Waals surface area contributed by atoms with Crippen LogP contribution in [0.5, 0.6) is 0 Å². The summed E-state index contributed by atoms with van der Waals surface area (Å²) >= 11 is 8.19. The Morgan fingerprint density at radius 2 is 1.85 bits per heavy atom. The van der Waals surface area contributed by atoms with Gasteiger partial charge in [-0.3, -0.25) is 9.55 Å². The van der Waals surface area contributed by atoms with Crippen LogP contribution in [0.15, 0.2) is 53.8 Å². The number of hydrogen-bond donors (Lipinski definition) is 0. The molecule has 1 aliphatic rings. The van der Waals surface area contributed by atoms with E-state index in [9.17, 15) is 0 Å². The normalized spacial score (nSPS) is 14.8. The third-order valence-corrected chi connectivity index (χ3v) is 6.06. The van der Waals surface area contributed by atoms with Gasteiger partial charge in [0, 0.05) is 29.2 Å². The van der Waals surface area contributed by atoms with Crippen molar-refractivity contribution in [3.63, 3.8) is 0 Å². The van der Waals surface area contributed by atoms with Crippen LogP contribution in [-0.2, 0) is 6.42 Å². The average Bonchev–Trinajstić information content (AvgIpc) is 3.32. The van der Waals surface area contributed by atoms with Crippen molar-refractivity contribution in [1.82, 2.24) is 19.7 Å². The lowest BCUT2D eigenvalue weighted by molar-refractivity contribution is 0.485. The largest absolute Gasteiger partial charge is 0.299 e. The van der Waals surface area contributed by atoms with E-state index in [4.69, 9.17) is 11.6 Å². The van der Waals surface area contributed by atoms with E-state index in [0.29, 0.717) is 6.04 Å². The molecule has 0 amide bonds. The molecule has 134 valence electrons. The maximum absolute atomic E-state index is 6.43. The van der Waals surface area contributed by atoms with Crippen molar-refractivity contribution in [3.05, 3.63) is 59.4 Å². The number of halogens is 1. The molecule has 0 saturated heterocycles. The fraction of sp³-hybridized carbons (Fsp3) is 0.350. The molecule has 0 radical (unpaired) electrons. The number of nitrogens with zero attached hydrogens (tertiary/aromatic N) is 4. The molecule has 1 fully saturated rings. The van der Waals surface area contributed by atoms with Crippen LogP contribution in [0.4, 0.5) is 0 Å². The minimum absolute atomic E-state index is 0.466. The topological polar surface area (TPSA) is 43.6 Å². The number of aromatic nitrogens is 4. The van der Waals surface area contributed by atoms with E-state index in [1.807, 2.05) is 42.6 Å². The lowest BCUT2D eigenvalue weighted by Gasteiger charge is -2.17. The summed E-state index contributed by atoms with van der Waals surface area (Å²) in [5.74, 6) is 1.83. The zero-order chi connectivity index (χ0) is 17.8. The molecular formula is C20H21ClN4S. The van der Waals surface area contributed by atoms with Crippen LogP contribution in [0.3, 0.4) is 0 Å². The van der Waals surface area contributed by atoms with E-state index in [0.717, 1.165) is 39.4 Å². The molecule has 6 heteroatoms. The van der Waals surface area contributed by atoms with Crippen LogP contribution >= 0.6 is 23.4 Å². The SMILES string of the molecule is Clc1ccccc1-c1nnc(SCCc2ccccn2)n1C1CCCC1. The first kappa shape index (κ1) is 17.6. The second kappa shape index (κ2) is 8.23. The standard InChI is InChI=1S/C20H21ClN4S/c21-18-11-4-3-10-17(18)19-23-24-20(25(19)16-8-1-2-9-16)26-14-12-15-7-5-6-13-22-15/h3-7,10-11,13,16H,1-2,8-9,12,14H2. The molecule has 1 saturated carbocycles. The summed E-state index contributed by atoms with van der Waals surface area (Å²) in [6.45, 7) is 0. The fourth-order valence-electron chi connectivity index (χ4n) is 3.49. The molecule has 0 aliphatic heterocycles. The van der Waals surface area contributed by atoms with Gasteiger partial charge in [-0.1, -0.05) is 54.4 Å². The fourth-order valence-corrected chi connectivity index (χ4v) is 4.67. The van der Waals surface area contributed by atoms with Crippen molar-refractivity contribution in [1.29, 1.82) is 0 Å². The number of rotatable bonds is 6. The second-order valence-electron chi connectivity index (χ2n) is 6.51. The quantitative estimate of drug-likeness (QED) is 0.530.